The highest BCUT2D eigenvalue weighted by atomic mass is 79.9. The first-order chi connectivity index (χ1) is 14.5. The van der Waals surface area contributed by atoms with Crippen LogP contribution in [0.15, 0.2) is 65.5 Å². The van der Waals surface area contributed by atoms with E-state index in [0.717, 1.165) is 62.3 Å². The van der Waals surface area contributed by atoms with Crippen molar-refractivity contribution in [2.75, 3.05) is 5.32 Å². The number of nitrogens with zero attached hydrogens (tertiary/aromatic N) is 3. The number of nitrogens with one attached hydrogen (secondary N) is 2. The van der Waals surface area contributed by atoms with Crippen molar-refractivity contribution in [3.63, 3.8) is 0 Å². The molecule has 0 fully saturated rings. The molecule has 5 nitrogen and oxygen atoms in total. The zero-order valence-corrected chi connectivity index (χ0v) is 22.2. The minimum Gasteiger partial charge on any atom is -0.323 e. The molecule has 1 aliphatic rings. The van der Waals surface area contributed by atoms with Gasteiger partial charge in [0.2, 0.25) is 5.95 Å². The molecule has 5 rings (SSSR count). The van der Waals surface area contributed by atoms with Gasteiger partial charge >= 0.3 is 0 Å². The van der Waals surface area contributed by atoms with Gasteiger partial charge in [-0.2, -0.15) is 0 Å². The zero-order chi connectivity index (χ0) is 20.8. The Morgan fingerprint density at radius 3 is 2.43 bits per heavy atom. The van der Waals surface area contributed by atoms with E-state index in [-0.39, 0.29) is 0 Å². The number of halogens is 4. The molecule has 0 bridgehead atoms. The molecule has 3 heterocycles. The number of imidazole rings is 1. The Hall–Kier alpha value is -1.33. The van der Waals surface area contributed by atoms with Gasteiger partial charge in [-0.3, -0.25) is 4.99 Å². The molecule has 0 atom stereocenters. The summed E-state index contributed by atoms with van der Waals surface area (Å²) in [5.74, 6) is 0.614. The molecule has 0 spiro atoms. The number of thiazole rings is 1. The van der Waals surface area contributed by atoms with Crippen LogP contribution in [0.1, 0.15) is 11.3 Å². The van der Waals surface area contributed by atoms with Crippen LogP contribution in [-0.4, -0.2) is 20.7 Å². The maximum Gasteiger partial charge on any atom is 0.207 e. The first kappa shape index (κ1) is 20.6. The van der Waals surface area contributed by atoms with E-state index in [1.807, 2.05) is 24.4 Å². The fourth-order valence-corrected chi connectivity index (χ4v) is 6.41. The van der Waals surface area contributed by atoms with Gasteiger partial charge in [0, 0.05) is 27.1 Å². The Morgan fingerprint density at radius 1 is 0.933 bits per heavy atom. The summed E-state index contributed by atoms with van der Waals surface area (Å²) < 4.78 is 3.57. The van der Waals surface area contributed by atoms with Crippen molar-refractivity contribution < 1.29 is 0 Å². The number of aromatic nitrogens is 3. The Bertz CT molecular complexity index is 1300. The van der Waals surface area contributed by atoms with Crippen LogP contribution in [0, 0.1) is 0 Å². The number of aromatic amines is 1. The first-order valence-corrected chi connectivity index (χ1v) is 12.8. The number of anilines is 2. The molecular formula is C20H11Br4N5S. The van der Waals surface area contributed by atoms with Gasteiger partial charge in [-0.15, -0.1) is 0 Å². The molecule has 2 N–H and O–H groups in total. The van der Waals surface area contributed by atoms with Gasteiger partial charge in [0.1, 0.15) is 5.52 Å². The summed E-state index contributed by atoms with van der Waals surface area (Å²) in [4.78, 5) is 18.5. The van der Waals surface area contributed by atoms with Gasteiger partial charge in [0.05, 0.1) is 30.7 Å². The highest BCUT2D eigenvalue weighted by Gasteiger charge is 2.21. The van der Waals surface area contributed by atoms with Gasteiger partial charge < -0.3 is 10.3 Å². The highest BCUT2D eigenvalue weighted by Crippen LogP contribution is 2.43. The van der Waals surface area contributed by atoms with Crippen molar-refractivity contribution in [1.29, 1.82) is 0 Å². The summed E-state index contributed by atoms with van der Waals surface area (Å²) in [7, 11) is 0. The second-order valence-electron chi connectivity index (χ2n) is 6.42. The van der Waals surface area contributed by atoms with Gasteiger partial charge in [0.15, 0.2) is 5.13 Å². The summed E-state index contributed by atoms with van der Waals surface area (Å²) in [5, 5.41) is 4.09. The summed E-state index contributed by atoms with van der Waals surface area (Å²) in [6.45, 7) is 0. The molecule has 0 unspecified atom stereocenters. The maximum absolute atomic E-state index is 4.87. The lowest BCUT2D eigenvalue weighted by molar-refractivity contribution is 1.28. The zero-order valence-electron chi connectivity index (χ0n) is 15.0. The first-order valence-electron chi connectivity index (χ1n) is 8.80. The molecule has 0 radical (unpaired) electrons. The third kappa shape index (κ3) is 3.62. The third-order valence-corrected chi connectivity index (χ3v) is 10.3. The van der Waals surface area contributed by atoms with Crippen LogP contribution in [0.2, 0.25) is 0 Å². The molecule has 0 aliphatic carbocycles. The van der Waals surface area contributed by atoms with Gasteiger partial charge in [-0.05, 0) is 63.7 Å². The van der Waals surface area contributed by atoms with Crippen molar-refractivity contribution in [3.05, 3.63) is 65.4 Å². The number of hydrogen-bond acceptors (Lipinski definition) is 5. The standard InChI is InChI=1S/C20H11Br4N5S/c21-11-12(22)14(24)17-16(13(11)23)26-19(27-17)29-20-28-15(9-5-2-1-3-6-9)18(30-20)10-7-4-8-25-10/h1-6,8H,7H2,(H2,26,27,28,29). The fraction of sp³-hybridized carbons (Fsp3) is 0.0500. The van der Waals surface area contributed by atoms with Crippen molar-refractivity contribution in [2.45, 2.75) is 6.42 Å². The number of rotatable bonds is 4. The van der Waals surface area contributed by atoms with Crippen molar-refractivity contribution in [3.8, 4) is 11.3 Å². The number of hydrogen-bond donors (Lipinski definition) is 2. The third-order valence-electron chi connectivity index (χ3n) is 4.52. The Morgan fingerprint density at radius 2 is 1.70 bits per heavy atom. The van der Waals surface area contributed by atoms with Gasteiger partial charge in [-0.25, -0.2) is 9.97 Å². The molecule has 10 heteroatoms. The molecule has 1 aliphatic heterocycles. The van der Waals surface area contributed by atoms with E-state index < -0.39 is 0 Å². The minimum absolute atomic E-state index is 0.614. The van der Waals surface area contributed by atoms with Gasteiger partial charge in [0.25, 0.3) is 0 Å². The van der Waals surface area contributed by atoms with Crippen LogP contribution in [0.4, 0.5) is 11.1 Å². The van der Waals surface area contributed by atoms with Crippen molar-refractivity contribution in [1.82, 2.24) is 15.0 Å². The second kappa shape index (κ2) is 8.31. The monoisotopic (exact) mass is 669 g/mol. The predicted octanol–water partition coefficient (Wildman–Crippen LogP) is 8.19. The van der Waals surface area contributed by atoms with Crippen LogP contribution in [0.5, 0.6) is 0 Å². The summed E-state index contributed by atoms with van der Waals surface area (Å²) >= 11 is 16.0. The molecule has 0 saturated heterocycles. The molecule has 0 saturated carbocycles. The van der Waals surface area contributed by atoms with E-state index in [4.69, 9.17) is 9.97 Å². The summed E-state index contributed by atoms with van der Waals surface area (Å²) in [5.41, 5.74) is 4.71. The fourth-order valence-electron chi connectivity index (χ4n) is 3.13. The molecular weight excluding hydrogens is 662 g/mol. The van der Waals surface area contributed by atoms with Crippen LogP contribution >= 0.6 is 75.1 Å². The van der Waals surface area contributed by atoms with Crippen LogP contribution in [-0.2, 0) is 0 Å². The Kier molecular flexibility index (Phi) is 5.70. The number of benzene rings is 2. The van der Waals surface area contributed by atoms with Crippen LogP contribution in [0.3, 0.4) is 0 Å². The van der Waals surface area contributed by atoms with Crippen LogP contribution < -0.4 is 5.32 Å². The van der Waals surface area contributed by atoms with Crippen molar-refractivity contribution >= 4 is 103 Å². The molecule has 4 aromatic rings. The predicted molar refractivity (Wildman–Crippen MR) is 138 cm³/mol. The largest absolute Gasteiger partial charge is 0.323 e. The van der Waals surface area contributed by atoms with Gasteiger partial charge in [-0.1, -0.05) is 47.7 Å². The molecule has 2 aromatic carbocycles. The van der Waals surface area contributed by atoms with E-state index in [2.05, 4.69) is 97.2 Å². The lowest BCUT2D eigenvalue weighted by Crippen LogP contribution is -1.95. The highest BCUT2D eigenvalue weighted by molar-refractivity contribution is 9.15. The second-order valence-corrected chi connectivity index (χ2v) is 10.6. The van der Waals surface area contributed by atoms with E-state index >= 15 is 0 Å². The van der Waals surface area contributed by atoms with E-state index in [1.165, 1.54) is 0 Å². The van der Waals surface area contributed by atoms with E-state index in [0.29, 0.717) is 5.95 Å². The normalized spacial score (nSPS) is 13.3. The molecule has 150 valence electrons. The molecule has 0 amide bonds. The smallest absolute Gasteiger partial charge is 0.207 e. The average Bonchev–Trinajstić information content (AvgIpc) is 3.51. The van der Waals surface area contributed by atoms with Crippen molar-refractivity contribution in [2.24, 2.45) is 4.99 Å². The lowest BCUT2D eigenvalue weighted by atomic mass is 10.1. The summed E-state index contributed by atoms with van der Waals surface area (Å²) in [6.07, 6.45) is 4.72. The molecule has 2 aromatic heterocycles. The lowest BCUT2D eigenvalue weighted by Gasteiger charge is -2.03. The Balaban J connectivity index is 1.57. The topological polar surface area (TPSA) is 66.0 Å². The SMILES string of the molecule is Brc1c(Br)c(Br)c2[nH]c(Nc3nc(-c4ccccc4)c(C4=NC=CC4)s3)nc2c1Br. The average molecular weight is 673 g/mol. The maximum atomic E-state index is 4.87. The molecule has 30 heavy (non-hydrogen) atoms. The number of allylic oxidation sites excluding steroid dienone is 1. The number of aliphatic imine (C=N–C) groups is 1. The number of H-pyrrole nitrogens is 1. The Labute approximate surface area is 209 Å². The quantitative estimate of drug-likeness (QED) is 0.170. The minimum atomic E-state index is 0.614. The van der Waals surface area contributed by atoms with E-state index in [1.54, 1.807) is 11.3 Å². The van der Waals surface area contributed by atoms with E-state index in [9.17, 15) is 0 Å². The summed E-state index contributed by atoms with van der Waals surface area (Å²) in [6, 6.07) is 10.2. The number of fused-ring (bicyclic) bond motifs is 1. The van der Waals surface area contributed by atoms with Crippen LogP contribution in [0.25, 0.3) is 22.3 Å².